The average Bonchev–Trinajstić information content (AvgIpc) is 3.58. The summed E-state index contributed by atoms with van der Waals surface area (Å²) in [6.45, 7) is 1.11. The molecule has 1 unspecified atom stereocenters. The minimum Gasteiger partial charge on any atom is -0.496 e. The summed E-state index contributed by atoms with van der Waals surface area (Å²) in [5.41, 5.74) is 0.926. The first kappa shape index (κ1) is 23.0. The number of para-hydroxylation sites is 1. The van der Waals surface area contributed by atoms with E-state index in [4.69, 9.17) is 14.2 Å². The van der Waals surface area contributed by atoms with E-state index in [1.807, 2.05) is 12.1 Å². The van der Waals surface area contributed by atoms with Crippen LogP contribution in [0.2, 0.25) is 0 Å². The number of hydrogen-bond donors (Lipinski definition) is 2. The van der Waals surface area contributed by atoms with E-state index in [-0.39, 0.29) is 36.5 Å². The zero-order valence-electron chi connectivity index (χ0n) is 19.6. The number of hydrogen-bond acceptors (Lipinski definition) is 6. The van der Waals surface area contributed by atoms with Crippen LogP contribution in [0.1, 0.15) is 46.4 Å². The van der Waals surface area contributed by atoms with Gasteiger partial charge in [0.2, 0.25) is 12.7 Å². The summed E-state index contributed by atoms with van der Waals surface area (Å²) in [5, 5.41) is 5.98. The van der Waals surface area contributed by atoms with Crippen molar-refractivity contribution in [3.63, 3.8) is 0 Å². The third-order valence-electron chi connectivity index (χ3n) is 6.76. The van der Waals surface area contributed by atoms with Crippen LogP contribution in [-0.4, -0.2) is 61.7 Å². The third-order valence-corrected chi connectivity index (χ3v) is 6.76. The van der Waals surface area contributed by atoms with Gasteiger partial charge in [0.1, 0.15) is 11.8 Å². The second kappa shape index (κ2) is 9.85. The van der Waals surface area contributed by atoms with Crippen LogP contribution < -0.4 is 24.8 Å². The van der Waals surface area contributed by atoms with Crippen LogP contribution in [0.25, 0.3) is 0 Å². The lowest BCUT2D eigenvalue weighted by molar-refractivity contribution is -0.124. The highest BCUT2D eigenvalue weighted by molar-refractivity contribution is 5.98. The fraction of sp³-hybridized carbons (Fsp3) is 0.423. The van der Waals surface area contributed by atoms with Gasteiger partial charge in [0, 0.05) is 24.7 Å². The van der Waals surface area contributed by atoms with Gasteiger partial charge < -0.3 is 29.7 Å². The minimum atomic E-state index is -0.683. The molecule has 0 aromatic heterocycles. The zero-order valence-corrected chi connectivity index (χ0v) is 19.6. The lowest BCUT2D eigenvalue weighted by atomic mass is 9.88. The summed E-state index contributed by atoms with van der Waals surface area (Å²) in [5.74, 6) is 0.953. The number of methoxy groups -OCH3 is 1. The molecule has 1 atom stereocenters. The van der Waals surface area contributed by atoms with Gasteiger partial charge in [0.25, 0.3) is 11.8 Å². The molecule has 0 radical (unpaired) electrons. The Labute approximate surface area is 203 Å². The molecule has 1 saturated carbocycles. The molecule has 2 N–H and O–H groups in total. The Hall–Kier alpha value is -3.75. The molecule has 3 amide bonds. The number of ether oxygens (including phenoxy) is 3. The largest absolute Gasteiger partial charge is 0.496 e. The van der Waals surface area contributed by atoms with Crippen LogP contribution in [0.3, 0.4) is 0 Å². The SMILES string of the molecule is COc1ccccc1C(=O)N1CCC(C(NC(=O)c2ccc3c(c2)OCO3)C(=O)NC2CC2)CC1. The molecule has 2 aromatic rings. The van der Waals surface area contributed by atoms with Gasteiger partial charge in [-0.2, -0.15) is 0 Å². The number of nitrogens with one attached hydrogen (secondary N) is 2. The van der Waals surface area contributed by atoms with Crippen molar-refractivity contribution >= 4 is 17.7 Å². The molecular weight excluding hydrogens is 450 g/mol. The van der Waals surface area contributed by atoms with Crippen LogP contribution in [0.5, 0.6) is 17.2 Å². The second-order valence-electron chi connectivity index (χ2n) is 9.13. The molecule has 35 heavy (non-hydrogen) atoms. The maximum atomic E-state index is 13.1. The smallest absolute Gasteiger partial charge is 0.257 e. The first-order valence-electron chi connectivity index (χ1n) is 12.0. The highest BCUT2D eigenvalue weighted by atomic mass is 16.7. The summed E-state index contributed by atoms with van der Waals surface area (Å²) in [6.07, 6.45) is 3.12. The van der Waals surface area contributed by atoms with Gasteiger partial charge in [-0.05, 0) is 61.9 Å². The molecule has 2 heterocycles. The van der Waals surface area contributed by atoms with Crippen LogP contribution in [0.15, 0.2) is 42.5 Å². The van der Waals surface area contributed by atoms with Crippen molar-refractivity contribution in [1.82, 2.24) is 15.5 Å². The Balaban J connectivity index is 1.27. The molecule has 1 saturated heterocycles. The minimum absolute atomic E-state index is 0.0894. The van der Waals surface area contributed by atoms with Gasteiger partial charge >= 0.3 is 0 Å². The van der Waals surface area contributed by atoms with Gasteiger partial charge in [-0.15, -0.1) is 0 Å². The van der Waals surface area contributed by atoms with Gasteiger partial charge in [0.05, 0.1) is 12.7 Å². The number of likely N-dealkylation sites (tertiary alicyclic amines) is 1. The van der Waals surface area contributed by atoms with Crippen molar-refractivity contribution in [3.05, 3.63) is 53.6 Å². The summed E-state index contributed by atoms with van der Waals surface area (Å²) in [4.78, 5) is 41.0. The molecule has 2 fully saturated rings. The van der Waals surface area contributed by atoms with E-state index in [0.717, 1.165) is 12.8 Å². The van der Waals surface area contributed by atoms with Crippen LogP contribution in [-0.2, 0) is 4.79 Å². The second-order valence-corrected chi connectivity index (χ2v) is 9.13. The third kappa shape index (κ3) is 5.03. The highest BCUT2D eigenvalue weighted by Crippen LogP contribution is 2.33. The number of amides is 3. The lowest BCUT2D eigenvalue weighted by Gasteiger charge is -2.36. The number of carbonyl (C=O) groups is 3. The van der Waals surface area contributed by atoms with Gasteiger partial charge in [0.15, 0.2) is 11.5 Å². The summed E-state index contributed by atoms with van der Waals surface area (Å²) in [7, 11) is 1.55. The van der Waals surface area contributed by atoms with E-state index in [1.54, 1.807) is 42.3 Å². The van der Waals surface area contributed by atoms with Gasteiger partial charge in [-0.1, -0.05) is 12.1 Å². The molecule has 2 aromatic carbocycles. The van der Waals surface area contributed by atoms with Crippen molar-refractivity contribution < 1.29 is 28.6 Å². The molecule has 5 rings (SSSR count). The molecule has 0 spiro atoms. The van der Waals surface area contributed by atoms with E-state index in [9.17, 15) is 14.4 Å². The highest BCUT2D eigenvalue weighted by Gasteiger charge is 2.36. The van der Waals surface area contributed by atoms with E-state index in [2.05, 4.69) is 10.6 Å². The standard InChI is InChI=1S/C26H29N3O6/c1-33-20-5-3-2-4-19(20)26(32)29-12-10-16(11-13-29)23(25(31)27-18-7-8-18)28-24(30)17-6-9-21-22(14-17)35-15-34-21/h2-6,9,14,16,18,23H,7-8,10-13,15H2,1H3,(H,27,31)(H,28,30). The van der Waals surface area contributed by atoms with Crippen molar-refractivity contribution in [2.75, 3.05) is 27.0 Å². The molecular formula is C26H29N3O6. The lowest BCUT2D eigenvalue weighted by Crippen LogP contribution is -2.54. The molecule has 2 aliphatic heterocycles. The first-order chi connectivity index (χ1) is 17.0. The van der Waals surface area contributed by atoms with Gasteiger partial charge in [-0.3, -0.25) is 14.4 Å². The topological polar surface area (TPSA) is 106 Å². The molecule has 0 bridgehead atoms. The monoisotopic (exact) mass is 479 g/mol. The zero-order chi connectivity index (χ0) is 24.4. The van der Waals surface area contributed by atoms with Crippen LogP contribution in [0, 0.1) is 5.92 Å². The normalized spacial score (nSPS) is 18.0. The number of fused-ring (bicyclic) bond motifs is 1. The molecule has 1 aliphatic carbocycles. The van der Waals surface area contributed by atoms with Crippen molar-refractivity contribution in [1.29, 1.82) is 0 Å². The molecule has 184 valence electrons. The van der Waals surface area contributed by atoms with E-state index in [0.29, 0.717) is 54.3 Å². The van der Waals surface area contributed by atoms with E-state index >= 15 is 0 Å². The van der Waals surface area contributed by atoms with Crippen molar-refractivity contribution in [2.45, 2.75) is 37.8 Å². The molecule has 9 nitrogen and oxygen atoms in total. The Kier molecular flexibility index (Phi) is 6.48. The van der Waals surface area contributed by atoms with Crippen LogP contribution >= 0.6 is 0 Å². The summed E-state index contributed by atoms with van der Waals surface area (Å²) in [6, 6.07) is 11.6. The Morgan fingerprint density at radius 3 is 2.49 bits per heavy atom. The number of rotatable bonds is 7. The fourth-order valence-electron chi connectivity index (χ4n) is 4.61. The fourth-order valence-corrected chi connectivity index (χ4v) is 4.61. The maximum absolute atomic E-state index is 13.1. The summed E-state index contributed by atoms with van der Waals surface area (Å²) < 4.78 is 16.0. The predicted molar refractivity (Wildman–Crippen MR) is 127 cm³/mol. The predicted octanol–water partition coefficient (Wildman–Crippen LogP) is 2.35. The average molecular weight is 480 g/mol. The van der Waals surface area contributed by atoms with Crippen molar-refractivity contribution in [3.8, 4) is 17.2 Å². The number of benzene rings is 2. The summed E-state index contributed by atoms with van der Waals surface area (Å²) >= 11 is 0. The van der Waals surface area contributed by atoms with E-state index in [1.165, 1.54) is 0 Å². The van der Waals surface area contributed by atoms with Gasteiger partial charge in [-0.25, -0.2) is 0 Å². The van der Waals surface area contributed by atoms with E-state index < -0.39 is 6.04 Å². The Morgan fingerprint density at radius 1 is 1.00 bits per heavy atom. The van der Waals surface area contributed by atoms with Crippen LogP contribution in [0.4, 0.5) is 0 Å². The molecule has 3 aliphatic rings. The number of piperidine rings is 1. The Morgan fingerprint density at radius 2 is 1.74 bits per heavy atom. The quantitative estimate of drug-likeness (QED) is 0.632. The first-order valence-corrected chi connectivity index (χ1v) is 12.0. The number of nitrogens with zero attached hydrogens (tertiary/aromatic N) is 1. The Bertz CT molecular complexity index is 1120. The maximum Gasteiger partial charge on any atom is 0.257 e. The molecule has 9 heteroatoms. The van der Waals surface area contributed by atoms with Crippen molar-refractivity contribution in [2.24, 2.45) is 5.92 Å². The number of carbonyl (C=O) groups excluding carboxylic acids is 3.